The molecule has 0 radical (unpaired) electrons. The molecule has 2 spiro atoms. The summed E-state index contributed by atoms with van der Waals surface area (Å²) in [5.74, 6) is -1.00. The summed E-state index contributed by atoms with van der Waals surface area (Å²) in [6, 6.07) is 0. The van der Waals surface area contributed by atoms with Gasteiger partial charge in [0.2, 0.25) is 0 Å². The fourth-order valence-electron chi connectivity index (χ4n) is 12.0. The SMILES string of the molecule is C/C(=C\[C@@H](O)C[C@@H](C)[C@H]1C[C@]2(O)CC[C@@]3(O)C[C@@H]4C(C)(C)C(=O)CC[C@@]45CCCCC[C@@]14CC(=O)C5=C3[C@@]24C)C(=O)O. The van der Waals surface area contributed by atoms with Crippen LogP contribution < -0.4 is 0 Å². The van der Waals surface area contributed by atoms with E-state index in [2.05, 4.69) is 13.8 Å². The minimum absolute atomic E-state index is 0.0708. The summed E-state index contributed by atoms with van der Waals surface area (Å²) >= 11 is 0. The molecule has 0 heterocycles. The summed E-state index contributed by atoms with van der Waals surface area (Å²) < 4.78 is 0. The van der Waals surface area contributed by atoms with Crippen molar-refractivity contribution >= 4 is 17.5 Å². The highest BCUT2D eigenvalue weighted by molar-refractivity contribution is 6.01. The maximum absolute atomic E-state index is 14.8. The van der Waals surface area contributed by atoms with Gasteiger partial charge < -0.3 is 20.4 Å². The summed E-state index contributed by atoms with van der Waals surface area (Å²) in [5.41, 5.74) is -3.11. The van der Waals surface area contributed by atoms with Crippen LogP contribution in [0.2, 0.25) is 0 Å². The Bertz CT molecular complexity index is 1290. The summed E-state index contributed by atoms with van der Waals surface area (Å²) in [7, 11) is 0. The first-order chi connectivity index (χ1) is 19.5. The van der Waals surface area contributed by atoms with Gasteiger partial charge in [-0.25, -0.2) is 4.79 Å². The average molecular weight is 583 g/mol. The summed E-state index contributed by atoms with van der Waals surface area (Å²) in [4.78, 5) is 39.5. The topological polar surface area (TPSA) is 132 Å². The highest BCUT2D eigenvalue weighted by Crippen LogP contribution is 2.80. The highest BCUT2D eigenvalue weighted by atomic mass is 16.4. The number of fused-ring (bicyclic) bond motifs is 1. The summed E-state index contributed by atoms with van der Waals surface area (Å²) in [6.07, 6.45) is 8.50. The molecule has 7 nitrogen and oxygen atoms in total. The van der Waals surface area contributed by atoms with E-state index in [9.17, 15) is 34.8 Å². The summed E-state index contributed by atoms with van der Waals surface area (Å²) in [6.45, 7) is 9.73. The third-order valence-corrected chi connectivity index (χ3v) is 14.0. The molecule has 42 heavy (non-hydrogen) atoms. The minimum Gasteiger partial charge on any atom is -0.478 e. The maximum atomic E-state index is 14.8. The van der Waals surface area contributed by atoms with Crippen molar-refractivity contribution in [2.45, 2.75) is 135 Å². The number of Topliss-reactive ketones (excluding diaryl/α,β-unsaturated/α-hetero) is 2. The molecule has 0 aromatic heterocycles. The fraction of sp³-hybridized carbons (Fsp3) is 0.800. The number of ketones is 2. The molecule has 4 saturated carbocycles. The van der Waals surface area contributed by atoms with Gasteiger partial charge in [-0.2, -0.15) is 0 Å². The number of carbonyl (C=O) groups is 3. The van der Waals surface area contributed by atoms with Crippen LogP contribution in [0.4, 0.5) is 0 Å². The molecular weight excluding hydrogens is 532 g/mol. The van der Waals surface area contributed by atoms with Gasteiger partial charge in [-0.15, -0.1) is 0 Å². The Morgan fingerprint density at radius 2 is 1.69 bits per heavy atom. The molecule has 6 aliphatic carbocycles. The summed E-state index contributed by atoms with van der Waals surface area (Å²) in [5, 5.41) is 45.7. The van der Waals surface area contributed by atoms with Crippen LogP contribution in [0.1, 0.15) is 118 Å². The zero-order valence-corrected chi connectivity index (χ0v) is 26.1. The lowest BCUT2D eigenvalue weighted by molar-refractivity contribution is -0.184. The molecule has 0 saturated heterocycles. The number of hydrogen-bond donors (Lipinski definition) is 4. The van der Waals surface area contributed by atoms with E-state index >= 15 is 0 Å². The van der Waals surface area contributed by atoms with E-state index in [-0.39, 0.29) is 34.9 Å². The smallest absolute Gasteiger partial charge is 0.331 e. The van der Waals surface area contributed by atoms with Crippen molar-refractivity contribution in [1.29, 1.82) is 0 Å². The molecule has 0 amide bonds. The van der Waals surface area contributed by atoms with E-state index in [4.69, 9.17) is 0 Å². The van der Waals surface area contributed by atoms with Crippen LogP contribution in [0.25, 0.3) is 0 Å². The van der Waals surface area contributed by atoms with Crippen LogP contribution in [0, 0.1) is 39.4 Å². The first kappa shape index (κ1) is 30.2. The molecule has 7 heteroatoms. The van der Waals surface area contributed by atoms with Crippen molar-refractivity contribution in [3.05, 3.63) is 22.8 Å². The first-order valence-electron chi connectivity index (χ1n) is 16.4. The molecule has 6 aliphatic rings. The molecular formula is C35H50O7. The van der Waals surface area contributed by atoms with E-state index in [1.54, 1.807) is 0 Å². The van der Waals surface area contributed by atoms with Gasteiger partial charge >= 0.3 is 5.97 Å². The predicted octanol–water partition coefficient (Wildman–Crippen LogP) is 5.30. The van der Waals surface area contributed by atoms with Crippen LogP contribution in [-0.2, 0) is 14.4 Å². The Morgan fingerprint density at radius 3 is 2.38 bits per heavy atom. The third-order valence-electron chi connectivity index (χ3n) is 14.0. The monoisotopic (exact) mass is 582 g/mol. The van der Waals surface area contributed by atoms with Gasteiger partial charge in [-0.1, -0.05) is 47.0 Å². The van der Waals surface area contributed by atoms with Gasteiger partial charge in [-0.05, 0) is 93.1 Å². The van der Waals surface area contributed by atoms with Crippen molar-refractivity contribution in [1.82, 2.24) is 0 Å². The second kappa shape index (κ2) is 9.34. The van der Waals surface area contributed by atoms with Gasteiger partial charge in [0.1, 0.15) is 5.78 Å². The second-order valence-corrected chi connectivity index (χ2v) is 16.1. The van der Waals surface area contributed by atoms with E-state index < -0.39 is 44.9 Å². The van der Waals surface area contributed by atoms with Crippen LogP contribution in [0.5, 0.6) is 0 Å². The van der Waals surface area contributed by atoms with Crippen molar-refractivity contribution in [3.8, 4) is 0 Å². The standard InChI is InChI=1S/C35H50O7/c1-20(15-22(36)16-21(2)29(39)40)23-17-35(42)14-13-34(41)19-25-30(3,4)26(38)9-12-32(25)10-7-6-8-11-33(23)18-24(37)27(32)28(34)31(33,35)5/h16,20,22-23,25,36,41-42H,6-15,17-19H2,1-5H3,(H,39,40)/b21-16+/t20-,22+,23-,25-,31-,32+,33-,34-,35-/m1/s1. The van der Waals surface area contributed by atoms with Gasteiger partial charge in [0.15, 0.2) is 5.78 Å². The molecule has 4 fully saturated rings. The van der Waals surface area contributed by atoms with Crippen LogP contribution >= 0.6 is 0 Å². The van der Waals surface area contributed by atoms with Crippen molar-refractivity contribution < 1.29 is 34.8 Å². The lowest BCUT2D eigenvalue weighted by atomic mass is 9.35. The Morgan fingerprint density at radius 1 is 1.00 bits per heavy atom. The molecule has 0 aromatic carbocycles. The Hall–Kier alpha value is -1.83. The number of carboxylic acids is 1. The fourth-order valence-corrected chi connectivity index (χ4v) is 12.0. The van der Waals surface area contributed by atoms with Gasteiger partial charge in [-0.3, -0.25) is 9.59 Å². The largest absolute Gasteiger partial charge is 0.478 e. The van der Waals surface area contributed by atoms with Crippen LogP contribution in [0.15, 0.2) is 22.8 Å². The average Bonchev–Trinajstić information content (AvgIpc) is 3.10. The predicted molar refractivity (Wildman–Crippen MR) is 157 cm³/mol. The Balaban J connectivity index is 1.55. The maximum Gasteiger partial charge on any atom is 0.331 e. The van der Waals surface area contributed by atoms with E-state index in [0.29, 0.717) is 51.4 Å². The number of allylic oxidation sites excluding steroid dienone is 1. The molecule has 6 rings (SSSR count). The minimum atomic E-state index is -1.24. The Kier molecular flexibility index (Phi) is 6.72. The lowest BCUT2D eigenvalue weighted by Crippen LogP contribution is -2.69. The zero-order chi connectivity index (χ0) is 30.7. The van der Waals surface area contributed by atoms with E-state index in [0.717, 1.165) is 43.3 Å². The first-order valence-corrected chi connectivity index (χ1v) is 16.4. The highest BCUT2D eigenvalue weighted by Gasteiger charge is 2.79. The van der Waals surface area contributed by atoms with E-state index in [1.165, 1.54) is 13.0 Å². The number of rotatable bonds is 5. The van der Waals surface area contributed by atoms with Crippen LogP contribution in [-0.4, -0.2) is 55.3 Å². The third kappa shape index (κ3) is 3.65. The van der Waals surface area contributed by atoms with Gasteiger partial charge in [0.05, 0.1) is 17.3 Å². The van der Waals surface area contributed by atoms with Gasteiger partial charge in [0.25, 0.3) is 0 Å². The van der Waals surface area contributed by atoms with Crippen molar-refractivity contribution in [2.24, 2.45) is 39.4 Å². The number of hydrogen-bond acceptors (Lipinski definition) is 6. The van der Waals surface area contributed by atoms with Gasteiger partial charge in [0, 0.05) is 40.2 Å². The molecule has 0 unspecified atom stereocenters. The molecule has 9 atom stereocenters. The molecule has 232 valence electrons. The molecule has 0 aromatic rings. The number of carbonyl (C=O) groups excluding carboxylic acids is 2. The molecule has 2 bridgehead atoms. The zero-order valence-electron chi connectivity index (χ0n) is 26.1. The second-order valence-electron chi connectivity index (χ2n) is 16.1. The van der Waals surface area contributed by atoms with Crippen molar-refractivity contribution in [3.63, 3.8) is 0 Å². The number of aliphatic carboxylic acids is 1. The molecule has 4 N–H and O–H groups in total. The van der Waals surface area contributed by atoms with Crippen LogP contribution in [0.3, 0.4) is 0 Å². The number of carboxylic acid groups (broad SMARTS) is 1. The normalized spacial score (nSPS) is 45.9. The number of aliphatic hydroxyl groups is 3. The quantitative estimate of drug-likeness (QED) is 0.323. The van der Waals surface area contributed by atoms with E-state index in [1.807, 2.05) is 13.8 Å². The number of aliphatic hydroxyl groups excluding tert-OH is 1. The van der Waals surface area contributed by atoms with Crippen molar-refractivity contribution in [2.75, 3.05) is 0 Å². The lowest BCUT2D eigenvalue weighted by Gasteiger charge is -2.69. The molecule has 0 aliphatic heterocycles. The Labute approximate surface area is 249 Å².